The molecule has 0 radical (unpaired) electrons. The molecule has 0 fully saturated rings. The van der Waals surface area contributed by atoms with Crippen LogP contribution < -0.4 is 11.1 Å². The monoisotopic (exact) mass is 261 g/mol. The fourth-order valence-electron chi connectivity index (χ4n) is 1.88. The minimum absolute atomic E-state index is 0.133. The summed E-state index contributed by atoms with van der Waals surface area (Å²) in [5, 5.41) is 4.07. The molecule has 1 heterocycles. The lowest BCUT2D eigenvalue weighted by atomic mass is 10.0. The molecule has 0 spiro atoms. The van der Waals surface area contributed by atoms with E-state index in [2.05, 4.69) is 18.2 Å². The number of nitrogens with two attached hydrogens (primary N) is 2. The maximum atomic E-state index is 11.2. The van der Waals surface area contributed by atoms with E-state index in [4.69, 9.17) is 5.73 Å². The van der Waals surface area contributed by atoms with Crippen LogP contribution in [0, 0.1) is 0 Å². The average molecular weight is 261 g/mol. The fourth-order valence-corrected chi connectivity index (χ4v) is 2.72. The molecule has 2 aromatic rings. The number of benzene rings is 1. The van der Waals surface area contributed by atoms with Crippen molar-refractivity contribution in [3.8, 4) is 0 Å². The van der Waals surface area contributed by atoms with Gasteiger partial charge in [0.2, 0.25) is 0 Å². The number of rotatable bonds is 5. The first-order valence-corrected chi connectivity index (χ1v) is 6.79. The third-order valence-corrected chi connectivity index (χ3v) is 3.89. The molecule has 0 bridgehead atoms. The van der Waals surface area contributed by atoms with E-state index < -0.39 is 0 Å². The van der Waals surface area contributed by atoms with Gasteiger partial charge in [-0.25, -0.2) is 0 Å². The van der Waals surface area contributed by atoms with E-state index in [0.717, 1.165) is 0 Å². The van der Waals surface area contributed by atoms with Crippen molar-refractivity contribution in [2.45, 2.75) is 19.0 Å². The molecule has 18 heavy (non-hydrogen) atoms. The lowest BCUT2D eigenvalue weighted by molar-refractivity contribution is -0.704. The van der Waals surface area contributed by atoms with Crippen molar-refractivity contribution >= 4 is 17.2 Å². The van der Waals surface area contributed by atoms with Crippen LogP contribution in [-0.4, -0.2) is 11.9 Å². The molecule has 1 aromatic carbocycles. The van der Waals surface area contributed by atoms with E-state index in [1.807, 2.05) is 41.9 Å². The highest BCUT2D eigenvalue weighted by Gasteiger charge is 2.23. The van der Waals surface area contributed by atoms with Gasteiger partial charge in [-0.1, -0.05) is 36.4 Å². The van der Waals surface area contributed by atoms with Crippen LogP contribution in [-0.2, 0) is 4.79 Å². The number of carbonyl (C=O) groups excluding carboxylic acids is 1. The summed E-state index contributed by atoms with van der Waals surface area (Å²) < 4.78 is 0. The van der Waals surface area contributed by atoms with Gasteiger partial charge in [0.15, 0.2) is 6.04 Å². The van der Waals surface area contributed by atoms with Crippen molar-refractivity contribution in [3.05, 3.63) is 58.3 Å². The second kappa shape index (κ2) is 5.80. The van der Waals surface area contributed by atoms with Crippen molar-refractivity contribution in [1.82, 2.24) is 0 Å². The van der Waals surface area contributed by atoms with Crippen LogP contribution in [0.1, 0.15) is 23.4 Å². The van der Waals surface area contributed by atoms with Gasteiger partial charge < -0.3 is 11.1 Å². The lowest BCUT2D eigenvalue weighted by Crippen LogP contribution is -2.92. The Morgan fingerprint density at radius 2 is 1.94 bits per heavy atom. The summed E-state index contributed by atoms with van der Waals surface area (Å²) in [7, 11) is 0. The molecule has 0 unspecified atom stereocenters. The van der Waals surface area contributed by atoms with Crippen molar-refractivity contribution in [3.63, 3.8) is 0 Å². The zero-order chi connectivity index (χ0) is 13.0. The van der Waals surface area contributed by atoms with Gasteiger partial charge in [-0.2, -0.15) is 0 Å². The Bertz CT molecular complexity index is 496. The molecule has 4 heteroatoms. The fraction of sp³-hybridized carbons (Fsp3) is 0.214. The average Bonchev–Trinajstić information content (AvgIpc) is 2.90. The maximum absolute atomic E-state index is 11.2. The highest BCUT2D eigenvalue weighted by molar-refractivity contribution is 7.10. The van der Waals surface area contributed by atoms with Gasteiger partial charge in [0.1, 0.15) is 6.04 Å². The smallest absolute Gasteiger partial charge is 0.275 e. The zero-order valence-electron chi connectivity index (χ0n) is 10.2. The number of thiophene rings is 1. The first-order valence-electron chi connectivity index (χ1n) is 5.91. The van der Waals surface area contributed by atoms with Crippen LogP contribution in [0.25, 0.3) is 0 Å². The molecular weight excluding hydrogens is 244 g/mol. The molecule has 0 aliphatic carbocycles. The third kappa shape index (κ3) is 2.97. The molecule has 1 amide bonds. The van der Waals surface area contributed by atoms with E-state index in [1.54, 1.807) is 11.3 Å². The molecule has 0 aliphatic heterocycles. The quantitative estimate of drug-likeness (QED) is 0.836. The third-order valence-electron chi connectivity index (χ3n) is 2.94. The van der Waals surface area contributed by atoms with Gasteiger partial charge in [0.25, 0.3) is 5.91 Å². The van der Waals surface area contributed by atoms with Crippen molar-refractivity contribution < 1.29 is 10.1 Å². The summed E-state index contributed by atoms with van der Waals surface area (Å²) in [5.41, 5.74) is 6.54. The van der Waals surface area contributed by atoms with Gasteiger partial charge >= 0.3 is 0 Å². The maximum Gasteiger partial charge on any atom is 0.275 e. The largest absolute Gasteiger partial charge is 0.365 e. The predicted octanol–water partition coefficient (Wildman–Crippen LogP) is 1.27. The molecular formula is C14H17N2OS+. The molecule has 2 rings (SSSR count). The summed E-state index contributed by atoms with van der Waals surface area (Å²) in [6.45, 7) is 1.84. The minimum atomic E-state index is -0.285. The Hall–Kier alpha value is -1.65. The van der Waals surface area contributed by atoms with E-state index in [9.17, 15) is 4.79 Å². The number of hydrogen-bond donors (Lipinski definition) is 2. The number of quaternary nitrogens is 1. The first-order chi connectivity index (χ1) is 8.68. The normalized spacial score (nSPS) is 14.1. The van der Waals surface area contributed by atoms with Crippen molar-refractivity contribution in [2.24, 2.45) is 5.73 Å². The molecule has 0 saturated heterocycles. The van der Waals surface area contributed by atoms with Crippen molar-refractivity contribution in [2.75, 3.05) is 0 Å². The molecule has 3 nitrogen and oxygen atoms in total. The standard InChI is InChI=1S/C14H16N2OS/c1-10(14(15)17)16-13(12-8-5-9-18-12)11-6-3-2-4-7-11/h2-10,13,16H,1H3,(H2,15,17)/p+1/t10-,13+/m0/s1. The first kappa shape index (κ1) is 12.8. The van der Waals surface area contributed by atoms with Crippen LogP contribution in [0.15, 0.2) is 47.8 Å². The molecule has 4 N–H and O–H groups in total. The summed E-state index contributed by atoms with van der Waals surface area (Å²) in [6, 6.07) is 14.2. The van der Waals surface area contributed by atoms with Gasteiger partial charge in [-0.15, -0.1) is 11.3 Å². The summed E-state index contributed by atoms with van der Waals surface area (Å²) in [5.74, 6) is -0.285. The number of carbonyl (C=O) groups is 1. The van der Waals surface area contributed by atoms with E-state index in [-0.39, 0.29) is 18.0 Å². The van der Waals surface area contributed by atoms with Crippen LogP contribution >= 0.6 is 11.3 Å². The Balaban J connectivity index is 2.27. The summed E-state index contributed by atoms with van der Waals surface area (Å²) in [4.78, 5) is 12.5. The van der Waals surface area contributed by atoms with E-state index >= 15 is 0 Å². The number of primary amides is 1. The Morgan fingerprint density at radius 1 is 1.22 bits per heavy atom. The highest BCUT2D eigenvalue weighted by Crippen LogP contribution is 2.22. The summed E-state index contributed by atoms with van der Waals surface area (Å²) >= 11 is 1.70. The Morgan fingerprint density at radius 3 is 2.50 bits per heavy atom. The van der Waals surface area contributed by atoms with Crippen LogP contribution in [0.5, 0.6) is 0 Å². The van der Waals surface area contributed by atoms with E-state index in [0.29, 0.717) is 0 Å². The molecule has 2 atom stereocenters. The molecule has 1 aromatic heterocycles. The lowest BCUT2D eigenvalue weighted by Gasteiger charge is -2.17. The van der Waals surface area contributed by atoms with Gasteiger partial charge in [-0.3, -0.25) is 4.79 Å². The Labute approximate surface area is 111 Å². The topological polar surface area (TPSA) is 59.7 Å². The van der Waals surface area contributed by atoms with E-state index in [1.165, 1.54) is 10.4 Å². The van der Waals surface area contributed by atoms with Crippen LogP contribution in [0.4, 0.5) is 0 Å². The SMILES string of the molecule is C[C@H]([NH2+][C@H](c1ccccc1)c1cccs1)C(N)=O. The molecule has 0 aliphatic rings. The Kier molecular flexibility index (Phi) is 4.12. The number of hydrogen-bond acceptors (Lipinski definition) is 2. The minimum Gasteiger partial charge on any atom is -0.365 e. The predicted molar refractivity (Wildman–Crippen MR) is 73.2 cm³/mol. The van der Waals surface area contributed by atoms with Gasteiger partial charge in [0, 0.05) is 5.56 Å². The zero-order valence-corrected chi connectivity index (χ0v) is 11.1. The van der Waals surface area contributed by atoms with Gasteiger partial charge in [0.05, 0.1) is 4.88 Å². The molecule has 0 saturated carbocycles. The number of amides is 1. The second-order valence-electron chi connectivity index (χ2n) is 4.29. The molecule has 94 valence electrons. The summed E-state index contributed by atoms with van der Waals surface area (Å²) in [6.07, 6.45) is 0. The second-order valence-corrected chi connectivity index (χ2v) is 5.27. The highest BCUT2D eigenvalue weighted by atomic mass is 32.1. The van der Waals surface area contributed by atoms with Gasteiger partial charge in [-0.05, 0) is 18.4 Å². The van der Waals surface area contributed by atoms with Crippen molar-refractivity contribution in [1.29, 1.82) is 0 Å². The van der Waals surface area contributed by atoms with Crippen LogP contribution in [0.3, 0.4) is 0 Å². The van der Waals surface area contributed by atoms with Crippen LogP contribution in [0.2, 0.25) is 0 Å².